The molecule has 0 spiro atoms. The van der Waals surface area contributed by atoms with Crippen molar-refractivity contribution in [3.63, 3.8) is 0 Å². The van der Waals surface area contributed by atoms with Crippen LogP contribution >= 0.6 is 19.4 Å². The van der Waals surface area contributed by atoms with Crippen molar-refractivity contribution in [3.8, 4) is 0 Å². The predicted molar refractivity (Wildman–Crippen MR) is 20.2 cm³/mol. The van der Waals surface area contributed by atoms with E-state index in [-0.39, 0.29) is 0 Å². The van der Waals surface area contributed by atoms with Gasteiger partial charge in [-0.1, -0.05) is 0 Å². The van der Waals surface area contributed by atoms with Crippen molar-refractivity contribution >= 4 is 34.7 Å². The van der Waals surface area contributed by atoms with Gasteiger partial charge in [0.1, 0.15) is 0 Å². The molecule has 0 unspecified atom stereocenters. The quantitative estimate of drug-likeness (QED) is 0.437. The SMILES string of the molecule is [AlH2][Cl].[Cl][Ti]. The zero-order valence-corrected chi connectivity index (χ0v) is 7.33. The van der Waals surface area contributed by atoms with Crippen LogP contribution in [0.5, 0.6) is 0 Å². The van der Waals surface area contributed by atoms with Gasteiger partial charge in [0, 0.05) is 0 Å². The monoisotopic (exact) mass is 147 g/mol. The summed E-state index contributed by atoms with van der Waals surface area (Å²) < 4.78 is 0. The van der Waals surface area contributed by atoms with Crippen LogP contribution in [-0.2, 0) is 19.4 Å². The molecule has 0 fully saturated rings. The molecule has 0 aromatic heterocycles. The predicted octanol–water partition coefficient (Wildman–Crippen LogP) is 0.460. The summed E-state index contributed by atoms with van der Waals surface area (Å²) >= 11 is 2.25. The van der Waals surface area contributed by atoms with E-state index in [2.05, 4.69) is 9.30 Å². The van der Waals surface area contributed by atoms with Gasteiger partial charge >= 0.3 is 44.0 Å². The standard InChI is InChI=1S/Al.2ClH.Ti.2H/h;2*1H;;;/q+1;;;+1;;/p-2. The third-order valence-electron chi connectivity index (χ3n) is 0. The zero-order chi connectivity index (χ0) is 4.00. The van der Waals surface area contributed by atoms with E-state index in [0.29, 0.717) is 0 Å². The fourth-order valence-electron chi connectivity index (χ4n) is 0. The molecule has 0 aliphatic heterocycles. The van der Waals surface area contributed by atoms with Crippen LogP contribution in [0.3, 0.4) is 0 Å². The third-order valence-corrected chi connectivity index (χ3v) is 0. The summed E-state index contributed by atoms with van der Waals surface area (Å²) in [5.41, 5.74) is 0. The Morgan fingerprint density at radius 3 is 1.25 bits per heavy atom. The first-order valence-electron chi connectivity index (χ1n) is 0.567. The maximum absolute atomic E-state index is 4.78. The van der Waals surface area contributed by atoms with E-state index < -0.39 is 0 Å². The van der Waals surface area contributed by atoms with Crippen LogP contribution < -0.4 is 0 Å². The molecule has 0 saturated heterocycles. The average Bonchev–Trinajstić information content (AvgIpc) is 1.50. The normalized spacial score (nSPS) is 2.25. The maximum atomic E-state index is 4.78. The van der Waals surface area contributed by atoms with Crippen LogP contribution in [0, 0.1) is 0 Å². The van der Waals surface area contributed by atoms with Crippen molar-refractivity contribution in [2.75, 3.05) is 0 Å². The second-order valence-electron chi connectivity index (χ2n) is 0. The first kappa shape index (κ1) is 9.27. The molecule has 0 aromatic rings. The molecule has 4 heteroatoms. The van der Waals surface area contributed by atoms with Crippen LogP contribution in [0.15, 0.2) is 0 Å². The third kappa shape index (κ3) is 9.16. The van der Waals surface area contributed by atoms with Crippen LogP contribution in [0.4, 0.5) is 0 Å². The molecule has 0 aliphatic rings. The van der Waals surface area contributed by atoms with Crippen molar-refractivity contribution in [2.24, 2.45) is 0 Å². The summed E-state index contributed by atoms with van der Waals surface area (Å²) in [7, 11) is 9.42. The molecular weight excluding hydrogens is 146 g/mol. The van der Waals surface area contributed by atoms with Crippen molar-refractivity contribution in [3.05, 3.63) is 0 Å². The van der Waals surface area contributed by atoms with E-state index in [1.165, 1.54) is 19.4 Å². The van der Waals surface area contributed by atoms with Gasteiger partial charge in [-0.15, -0.1) is 0 Å². The molecule has 0 radical (unpaired) electrons. The molecule has 0 N–H and O–H groups in total. The summed E-state index contributed by atoms with van der Waals surface area (Å²) in [4.78, 5) is 0. The molecule has 0 amide bonds. The summed E-state index contributed by atoms with van der Waals surface area (Å²) in [6, 6.07) is 0. The molecular formula is H2AlCl2Ti. The minimum absolute atomic E-state index is 0.778. The van der Waals surface area contributed by atoms with Gasteiger partial charge in [-0.05, 0) is 0 Å². The zero-order valence-electron chi connectivity index (χ0n) is 2.26. The van der Waals surface area contributed by atoms with Crippen LogP contribution in [0.1, 0.15) is 0 Å². The Labute approximate surface area is 53.8 Å². The Balaban J connectivity index is 0. The molecule has 0 aromatic carbocycles. The first-order chi connectivity index (χ1) is 2.00. The van der Waals surface area contributed by atoms with Gasteiger partial charge in [0.05, 0.1) is 0 Å². The molecule has 23 valence electrons. The van der Waals surface area contributed by atoms with Gasteiger partial charge in [0.25, 0.3) is 0 Å². The number of halogens is 2. The van der Waals surface area contributed by atoms with Crippen molar-refractivity contribution < 1.29 is 19.4 Å². The van der Waals surface area contributed by atoms with Gasteiger partial charge in [0.15, 0.2) is 0 Å². The molecule has 0 bridgehead atoms. The summed E-state index contributed by atoms with van der Waals surface area (Å²) in [5.74, 6) is 0. The van der Waals surface area contributed by atoms with Gasteiger partial charge in [0.2, 0.25) is 0 Å². The molecule has 0 aliphatic carbocycles. The molecule has 4 heavy (non-hydrogen) atoms. The Morgan fingerprint density at radius 1 is 1.25 bits per heavy atom. The number of hydrogen-bond donors (Lipinski definition) is 0. The van der Waals surface area contributed by atoms with E-state index in [1.807, 2.05) is 0 Å². The van der Waals surface area contributed by atoms with E-state index >= 15 is 0 Å². The van der Waals surface area contributed by atoms with Gasteiger partial charge in [-0.2, -0.15) is 0 Å². The topological polar surface area (TPSA) is 0 Å². The second-order valence-corrected chi connectivity index (χ2v) is 0. The van der Waals surface area contributed by atoms with Crippen molar-refractivity contribution in [1.29, 1.82) is 0 Å². The Morgan fingerprint density at radius 2 is 1.25 bits per heavy atom. The Bertz CT molecular complexity index is 6.00. The molecule has 0 nitrogen and oxygen atoms in total. The van der Waals surface area contributed by atoms with Gasteiger partial charge in [-0.25, -0.2) is 0 Å². The van der Waals surface area contributed by atoms with Gasteiger partial charge < -0.3 is 0 Å². The fraction of sp³-hybridized carbons (Fsp3) is 0. The molecule has 0 saturated carbocycles. The van der Waals surface area contributed by atoms with Gasteiger partial charge in [-0.3, -0.25) is 10.0 Å². The summed E-state index contributed by atoms with van der Waals surface area (Å²) in [5, 5.41) is 0. The Hall–Kier alpha value is 1.83. The van der Waals surface area contributed by atoms with E-state index in [9.17, 15) is 0 Å². The summed E-state index contributed by atoms with van der Waals surface area (Å²) in [6.45, 7) is 0. The Kier molecular flexibility index (Phi) is 49.1. The average molecular weight is 148 g/mol. The molecule has 0 rings (SSSR count). The van der Waals surface area contributed by atoms with E-state index in [4.69, 9.17) is 10.0 Å². The summed E-state index contributed by atoms with van der Waals surface area (Å²) in [6.07, 6.45) is 0. The van der Waals surface area contributed by atoms with Crippen LogP contribution in [0.2, 0.25) is 0 Å². The fourth-order valence-corrected chi connectivity index (χ4v) is 0. The van der Waals surface area contributed by atoms with Crippen molar-refractivity contribution in [1.82, 2.24) is 0 Å². The first-order valence-corrected chi connectivity index (χ1v) is 5.74. The molecule has 0 heterocycles. The second kappa shape index (κ2) is 21.2. The number of rotatable bonds is 0. The number of hydrogen-bond acceptors (Lipinski definition) is 0. The van der Waals surface area contributed by atoms with Crippen LogP contribution in [-0.4, -0.2) is 15.4 Å². The van der Waals surface area contributed by atoms with Crippen molar-refractivity contribution in [2.45, 2.75) is 0 Å². The minimum atomic E-state index is 0.778. The molecule has 0 atom stereocenters. The van der Waals surface area contributed by atoms with E-state index in [0.717, 1.165) is 15.4 Å². The van der Waals surface area contributed by atoms with Crippen LogP contribution in [0.25, 0.3) is 0 Å². The van der Waals surface area contributed by atoms with E-state index in [1.54, 1.807) is 0 Å².